The van der Waals surface area contributed by atoms with Crippen molar-refractivity contribution in [3.05, 3.63) is 0 Å². The zero-order valence-electron chi connectivity index (χ0n) is 9.25. The summed E-state index contributed by atoms with van der Waals surface area (Å²) in [5.41, 5.74) is -0.513. The van der Waals surface area contributed by atoms with Crippen LogP contribution in [0.15, 0.2) is 0 Å². The summed E-state index contributed by atoms with van der Waals surface area (Å²) < 4.78 is 0. The van der Waals surface area contributed by atoms with Crippen LogP contribution in [0, 0.1) is 5.41 Å². The second-order valence-electron chi connectivity index (χ2n) is 3.95. The highest BCUT2D eigenvalue weighted by atomic mass is 32.1. The van der Waals surface area contributed by atoms with Crippen LogP contribution in [-0.2, 0) is 0 Å². The Morgan fingerprint density at radius 2 is 1.57 bits per heavy atom. The third kappa shape index (κ3) is 3.93. The topological polar surface area (TPSA) is 40.5 Å². The number of aliphatic hydroxyl groups excluding tert-OH is 2. The van der Waals surface area contributed by atoms with E-state index in [2.05, 4.69) is 13.8 Å². The highest BCUT2D eigenvalue weighted by molar-refractivity contribution is 7.80. The molecule has 0 bridgehead atoms. The SMILES string of the molecule is CCCCC(CO)(CCCC)C(O)=S. The molecule has 0 unspecified atom stereocenters. The summed E-state index contributed by atoms with van der Waals surface area (Å²) in [6.45, 7) is 4.17. The van der Waals surface area contributed by atoms with Gasteiger partial charge in [0.15, 0.2) is 5.05 Å². The first-order valence-corrected chi connectivity index (χ1v) is 5.88. The monoisotopic (exact) mass is 218 g/mol. The van der Waals surface area contributed by atoms with Crippen LogP contribution in [0.5, 0.6) is 0 Å². The molecular weight excluding hydrogens is 196 g/mol. The van der Waals surface area contributed by atoms with Gasteiger partial charge in [0.1, 0.15) is 0 Å². The predicted molar refractivity (Wildman–Crippen MR) is 63.8 cm³/mol. The molecule has 0 radical (unpaired) electrons. The van der Waals surface area contributed by atoms with Crippen LogP contribution in [0.1, 0.15) is 52.4 Å². The van der Waals surface area contributed by atoms with E-state index in [1.165, 1.54) is 0 Å². The van der Waals surface area contributed by atoms with Gasteiger partial charge >= 0.3 is 0 Å². The first-order chi connectivity index (χ1) is 6.63. The molecule has 0 aromatic rings. The number of thiocarbonyl (C=S) groups is 1. The van der Waals surface area contributed by atoms with E-state index in [-0.39, 0.29) is 11.7 Å². The smallest absolute Gasteiger partial charge is 0.165 e. The quantitative estimate of drug-likeness (QED) is 0.614. The molecule has 3 heteroatoms. The summed E-state index contributed by atoms with van der Waals surface area (Å²) in [6.07, 6.45) is 5.74. The van der Waals surface area contributed by atoms with E-state index in [0.29, 0.717) is 0 Å². The van der Waals surface area contributed by atoms with Crippen molar-refractivity contribution in [2.24, 2.45) is 5.41 Å². The molecule has 0 aliphatic carbocycles. The van der Waals surface area contributed by atoms with Crippen LogP contribution < -0.4 is 0 Å². The Hall–Kier alpha value is -0.150. The first-order valence-electron chi connectivity index (χ1n) is 5.47. The van der Waals surface area contributed by atoms with E-state index >= 15 is 0 Å². The van der Waals surface area contributed by atoms with Gasteiger partial charge < -0.3 is 10.2 Å². The van der Waals surface area contributed by atoms with Gasteiger partial charge in [-0.2, -0.15) is 0 Å². The average Bonchev–Trinajstić information content (AvgIpc) is 2.18. The Kier molecular flexibility index (Phi) is 7.11. The maximum absolute atomic E-state index is 9.49. The van der Waals surface area contributed by atoms with Gasteiger partial charge in [-0.1, -0.05) is 39.5 Å². The molecule has 0 heterocycles. The lowest BCUT2D eigenvalue weighted by Gasteiger charge is -2.29. The van der Waals surface area contributed by atoms with Crippen LogP contribution >= 0.6 is 12.2 Å². The number of unbranched alkanes of at least 4 members (excludes halogenated alkanes) is 2. The minimum absolute atomic E-state index is 0.0121. The molecule has 0 aromatic heterocycles. The Morgan fingerprint density at radius 3 is 1.79 bits per heavy atom. The van der Waals surface area contributed by atoms with E-state index in [1.807, 2.05) is 0 Å². The Bertz CT molecular complexity index is 161. The second-order valence-corrected chi connectivity index (χ2v) is 4.34. The highest BCUT2D eigenvalue weighted by Crippen LogP contribution is 2.31. The number of rotatable bonds is 8. The molecule has 0 aliphatic heterocycles. The van der Waals surface area contributed by atoms with Gasteiger partial charge in [0, 0.05) is 0 Å². The number of hydrogen-bond acceptors (Lipinski definition) is 2. The van der Waals surface area contributed by atoms with Crippen molar-refractivity contribution in [1.29, 1.82) is 0 Å². The summed E-state index contributed by atoms with van der Waals surface area (Å²) in [5.74, 6) is 0. The minimum Gasteiger partial charge on any atom is -0.501 e. The van der Waals surface area contributed by atoms with Gasteiger partial charge in [0.05, 0.1) is 12.0 Å². The molecule has 0 spiro atoms. The fourth-order valence-electron chi connectivity index (χ4n) is 1.59. The van der Waals surface area contributed by atoms with Crippen molar-refractivity contribution in [2.75, 3.05) is 6.61 Å². The molecule has 0 aliphatic rings. The summed E-state index contributed by atoms with van der Waals surface area (Å²) in [5, 5.41) is 18.8. The largest absolute Gasteiger partial charge is 0.501 e. The van der Waals surface area contributed by atoms with Crippen LogP contribution in [-0.4, -0.2) is 21.9 Å². The third-order valence-corrected chi connectivity index (χ3v) is 3.21. The van der Waals surface area contributed by atoms with E-state index in [0.717, 1.165) is 38.5 Å². The van der Waals surface area contributed by atoms with Gasteiger partial charge in [-0.25, -0.2) is 0 Å². The summed E-state index contributed by atoms with van der Waals surface area (Å²) in [7, 11) is 0. The van der Waals surface area contributed by atoms with Crippen molar-refractivity contribution in [1.82, 2.24) is 0 Å². The molecule has 0 aromatic carbocycles. The minimum atomic E-state index is -0.513. The standard InChI is InChI=1S/C11H22O2S/c1-3-5-7-11(9-12,10(13)14)8-6-4-2/h12H,3-9H2,1-2H3,(H,13,14). The van der Waals surface area contributed by atoms with Crippen molar-refractivity contribution in [3.63, 3.8) is 0 Å². The van der Waals surface area contributed by atoms with Gasteiger partial charge in [-0.3, -0.25) is 0 Å². The predicted octanol–water partition coefficient (Wildman–Crippen LogP) is 3.23. The van der Waals surface area contributed by atoms with E-state index in [9.17, 15) is 10.2 Å². The summed E-state index contributed by atoms with van der Waals surface area (Å²) in [6, 6.07) is 0. The van der Waals surface area contributed by atoms with Crippen LogP contribution in [0.3, 0.4) is 0 Å². The average molecular weight is 218 g/mol. The van der Waals surface area contributed by atoms with Crippen molar-refractivity contribution >= 4 is 17.3 Å². The van der Waals surface area contributed by atoms with Crippen LogP contribution in [0.2, 0.25) is 0 Å². The maximum Gasteiger partial charge on any atom is 0.165 e. The normalized spacial score (nSPS) is 11.6. The maximum atomic E-state index is 9.49. The molecule has 0 saturated heterocycles. The van der Waals surface area contributed by atoms with E-state index < -0.39 is 5.41 Å². The van der Waals surface area contributed by atoms with Crippen molar-refractivity contribution in [3.8, 4) is 0 Å². The van der Waals surface area contributed by atoms with Gasteiger partial charge in [-0.15, -0.1) is 0 Å². The number of aliphatic hydroxyl groups is 2. The van der Waals surface area contributed by atoms with Crippen LogP contribution in [0.4, 0.5) is 0 Å². The highest BCUT2D eigenvalue weighted by Gasteiger charge is 2.32. The first kappa shape index (κ1) is 13.8. The Labute approximate surface area is 92.3 Å². The molecule has 0 saturated carbocycles. The van der Waals surface area contributed by atoms with Gasteiger partial charge in [0.25, 0.3) is 0 Å². The molecule has 0 atom stereocenters. The lowest BCUT2D eigenvalue weighted by Crippen LogP contribution is -2.33. The Balaban J connectivity index is 4.35. The van der Waals surface area contributed by atoms with Gasteiger partial charge in [-0.05, 0) is 25.1 Å². The third-order valence-electron chi connectivity index (χ3n) is 2.77. The lowest BCUT2D eigenvalue weighted by atomic mass is 9.79. The molecule has 14 heavy (non-hydrogen) atoms. The fourth-order valence-corrected chi connectivity index (χ4v) is 1.86. The molecule has 84 valence electrons. The molecule has 0 fully saturated rings. The molecule has 2 nitrogen and oxygen atoms in total. The summed E-state index contributed by atoms with van der Waals surface area (Å²) >= 11 is 4.85. The number of hydrogen-bond donors (Lipinski definition) is 2. The summed E-state index contributed by atoms with van der Waals surface area (Å²) in [4.78, 5) is 0. The Morgan fingerprint density at radius 1 is 1.14 bits per heavy atom. The zero-order valence-corrected chi connectivity index (χ0v) is 10.1. The fraction of sp³-hybridized carbons (Fsp3) is 0.909. The molecule has 0 amide bonds. The molecule has 2 N–H and O–H groups in total. The van der Waals surface area contributed by atoms with E-state index in [1.54, 1.807) is 0 Å². The van der Waals surface area contributed by atoms with Gasteiger partial charge in [0.2, 0.25) is 0 Å². The van der Waals surface area contributed by atoms with Crippen molar-refractivity contribution < 1.29 is 10.2 Å². The molecule has 0 rings (SSSR count). The van der Waals surface area contributed by atoms with E-state index in [4.69, 9.17) is 12.2 Å². The molecular formula is C11H22O2S. The lowest BCUT2D eigenvalue weighted by molar-refractivity contribution is 0.147. The second kappa shape index (κ2) is 7.18. The van der Waals surface area contributed by atoms with Crippen molar-refractivity contribution in [2.45, 2.75) is 52.4 Å². The van der Waals surface area contributed by atoms with Crippen LogP contribution in [0.25, 0.3) is 0 Å². The zero-order chi connectivity index (χ0) is 11.0.